The standard InChI is InChI=1S/C11H22N2O3/c1-16-7-9(4-5-14)13-11(15)6-10(12)8-2-3-8/h8-10,14H,2-7,12H2,1H3,(H,13,15). The second kappa shape index (κ2) is 6.83. The first-order valence-electron chi connectivity index (χ1n) is 5.82. The third-order valence-corrected chi connectivity index (χ3v) is 2.86. The summed E-state index contributed by atoms with van der Waals surface area (Å²) in [4.78, 5) is 11.6. The lowest BCUT2D eigenvalue weighted by atomic mass is 10.1. The van der Waals surface area contributed by atoms with Gasteiger partial charge in [0.25, 0.3) is 0 Å². The van der Waals surface area contributed by atoms with Gasteiger partial charge < -0.3 is 20.9 Å². The summed E-state index contributed by atoms with van der Waals surface area (Å²) in [5.41, 5.74) is 5.86. The van der Waals surface area contributed by atoms with Gasteiger partial charge in [0.2, 0.25) is 5.91 Å². The number of carbonyl (C=O) groups excluding carboxylic acids is 1. The molecule has 16 heavy (non-hydrogen) atoms. The average molecular weight is 230 g/mol. The number of rotatable bonds is 8. The van der Waals surface area contributed by atoms with Gasteiger partial charge in [-0.05, 0) is 25.2 Å². The lowest BCUT2D eigenvalue weighted by Gasteiger charge is -2.18. The molecule has 1 saturated carbocycles. The summed E-state index contributed by atoms with van der Waals surface area (Å²) in [6.45, 7) is 0.466. The summed E-state index contributed by atoms with van der Waals surface area (Å²) < 4.78 is 4.97. The van der Waals surface area contributed by atoms with E-state index in [0.29, 0.717) is 25.4 Å². The maximum absolute atomic E-state index is 11.6. The van der Waals surface area contributed by atoms with Crippen molar-refractivity contribution in [1.29, 1.82) is 0 Å². The fraction of sp³-hybridized carbons (Fsp3) is 0.909. The highest BCUT2D eigenvalue weighted by Gasteiger charge is 2.30. The van der Waals surface area contributed by atoms with Gasteiger partial charge in [0.05, 0.1) is 12.6 Å². The topological polar surface area (TPSA) is 84.6 Å². The molecule has 2 unspecified atom stereocenters. The number of hydrogen-bond donors (Lipinski definition) is 3. The molecular weight excluding hydrogens is 208 g/mol. The summed E-state index contributed by atoms with van der Waals surface area (Å²) in [5.74, 6) is 0.486. The van der Waals surface area contributed by atoms with E-state index in [0.717, 1.165) is 12.8 Å². The Bertz CT molecular complexity index is 213. The van der Waals surface area contributed by atoms with Gasteiger partial charge in [-0.2, -0.15) is 0 Å². The molecule has 1 fully saturated rings. The number of aliphatic hydroxyl groups excluding tert-OH is 1. The minimum atomic E-state index is -0.117. The lowest BCUT2D eigenvalue weighted by molar-refractivity contribution is -0.122. The highest BCUT2D eigenvalue weighted by atomic mass is 16.5. The molecule has 94 valence electrons. The molecular formula is C11H22N2O3. The molecule has 0 heterocycles. The molecule has 0 aromatic carbocycles. The van der Waals surface area contributed by atoms with Crippen LogP contribution in [0.2, 0.25) is 0 Å². The Kier molecular flexibility index (Phi) is 5.73. The Morgan fingerprint density at radius 3 is 2.81 bits per heavy atom. The Morgan fingerprint density at radius 1 is 1.62 bits per heavy atom. The Hall–Kier alpha value is -0.650. The maximum atomic E-state index is 11.6. The van der Waals surface area contributed by atoms with Crippen LogP contribution in [0, 0.1) is 5.92 Å². The van der Waals surface area contributed by atoms with Gasteiger partial charge >= 0.3 is 0 Å². The van der Waals surface area contributed by atoms with Gasteiger partial charge in [-0.1, -0.05) is 0 Å². The number of hydrogen-bond acceptors (Lipinski definition) is 4. The van der Waals surface area contributed by atoms with E-state index in [2.05, 4.69) is 5.32 Å². The highest BCUT2D eigenvalue weighted by molar-refractivity contribution is 5.77. The van der Waals surface area contributed by atoms with Crippen LogP contribution in [-0.2, 0) is 9.53 Å². The second-order valence-corrected chi connectivity index (χ2v) is 4.44. The molecule has 0 aromatic heterocycles. The quantitative estimate of drug-likeness (QED) is 0.531. The van der Waals surface area contributed by atoms with Crippen LogP contribution in [0.1, 0.15) is 25.7 Å². The summed E-state index contributed by atoms with van der Waals surface area (Å²) in [6.07, 6.45) is 3.17. The van der Waals surface area contributed by atoms with Crippen LogP contribution in [0.5, 0.6) is 0 Å². The van der Waals surface area contributed by atoms with Crippen molar-refractivity contribution in [3.05, 3.63) is 0 Å². The summed E-state index contributed by atoms with van der Waals surface area (Å²) >= 11 is 0. The van der Waals surface area contributed by atoms with Crippen LogP contribution < -0.4 is 11.1 Å². The maximum Gasteiger partial charge on any atom is 0.221 e. The number of amides is 1. The summed E-state index contributed by atoms with van der Waals surface area (Å²) in [5, 5.41) is 11.7. The first-order chi connectivity index (χ1) is 7.67. The first-order valence-corrected chi connectivity index (χ1v) is 5.82. The molecule has 1 amide bonds. The fourth-order valence-electron chi connectivity index (χ4n) is 1.75. The monoisotopic (exact) mass is 230 g/mol. The average Bonchev–Trinajstić information content (AvgIpc) is 3.01. The molecule has 1 aliphatic carbocycles. The van der Waals surface area contributed by atoms with Crippen molar-refractivity contribution in [2.24, 2.45) is 11.7 Å². The third kappa shape index (κ3) is 4.92. The van der Waals surface area contributed by atoms with Crippen LogP contribution in [0.4, 0.5) is 0 Å². The molecule has 2 atom stereocenters. The van der Waals surface area contributed by atoms with Crippen LogP contribution in [0.25, 0.3) is 0 Å². The van der Waals surface area contributed by atoms with Gasteiger partial charge in [-0.25, -0.2) is 0 Å². The van der Waals surface area contributed by atoms with E-state index in [4.69, 9.17) is 15.6 Å². The number of methoxy groups -OCH3 is 1. The van der Waals surface area contributed by atoms with Gasteiger partial charge in [0, 0.05) is 26.2 Å². The number of carbonyl (C=O) groups is 1. The predicted octanol–water partition coefficient (Wildman–Crippen LogP) is -0.373. The van der Waals surface area contributed by atoms with Gasteiger partial charge in [0.15, 0.2) is 0 Å². The van der Waals surface area contributed by atoms with Crippen molar-refractivity contribution in [1.82, 2.24) is 5.32 Å². The minimum absolute atomic E-state index is 0.0164. The zero-order valence-corrected chi connectivity index (χ0v) is 9.82. The SMILES string of the molecule is COCC(CCO)NC(=O)CC(N)C1CC1. The second-order valence-electron chi connectivity index (χ2n) is 4.44. The Morgan fingerprint density at radius 2 is 2.31 bits per heavy atom. The molecule has 4 N–H and O–H groups in total. The zero-order chi connectivity index (χ0) is 12.0. The van der Waals surface area contributed by atoms with E-state index in [-0.39, 0.29) is 24.6 Å². The molecule has 1 rings (SSSR count). The van der Waals surface area contributed by atoms with Gasteiger partial charge in [-0.15, -0.1) is 0 Å². The number of aliphatic hydroxyl groups is 1. The first kappa shape index (κ1) is 13.4. The minimum Gasteiger partial charge on any atom is -0.396 e. The molecule has 0 aliphatic heterocycles. The van der Waals surface area contributed by atoms with E-state index < -0.39 is 0 Å². The largest absolute Gasteiger partial charge is 0.396 e. The molecule has 1 aliphatic rings. The number of ether oxygens (including phenoxy) is 1. The molecule has 5 heteroatoms. The van der Waals surface area contributed by atoms with E-state index in [1.165, 1.54) is 0 Å². The number of nitrogens with one attached hydrogen (secondary N) is 1. The van der Waals surface area contributed by atoms with Crippen LogP contribution in [-0.4, -0.2) is 43.4 Å². The Labute approximate surface area is 96.3 Å². The molecule has 0 saturated heterocycles. The van der Waals surface area contributed by atoms with E-state index >= 15 is 0 Å². The molecule has 0 aromatic rings. The smallest absolute Gasteiger partial charge is 0.221 e. The van der Waals surface area contributed by atoms with Crippen LogP contribution in [0.15, 0.2) is 0 Å². The van der Waals surface area contributed by atoms with Crippen molar-refractivity contribution in [2.45, 2.75) is 37.8 Å². The van der Waals surface area contributed by atoms with Gasteiger partial charge in [0.1, 0.15) is 0 Å². The van der Waals surface area contributed by atoms with Crippen molar-refractivity contribution in [3.8, 4) is 0 Å². The van der Waals surface area contributed by atoms with Gasteiger partial charge in [-0.3, -0.25) is 4.79 Å². The normalized spacial score (nSPS) is 19.2. The number of nitrogens with two attached hydrogens (primary N) is 1. The Balaban J connectivity index is 2.23. The van der Waals surface area contributed by atoms with E-state index in [1.807, 2.05) is 0 Å². The van der Waals surface area contributed by atoms with Crippen molar-refractivity contribution in [3.63, 3.8) is 0 Å². The highest BCUT2D eigenvalue weighted by Crippen LogP contribution is 2.32. The van der Waals surface area contributed by atoms with E-state index in [9.17, 15) is 4.79 Å². The lowest BCUT2D eigenvalue weighted by Crippen LogP contribution is -2.41. The molecule has 0 spiro atoms. The van der Waals surface area contributed by atoms with E-state index in [1.54, 1.807) is 7.11 Å². The predicted molar refractivity (Wildman–Crippen MR) is 60.8 cm³/mol. The fourth-order valence-corrected chi connectivity index (χ4v) is 1.75. The van der Waals surface area contributed by atoms with Crippen molar-refractivity contribution in [2.75, 3.05) is 20.3 Å². The van der Waals surface area contributed by atoms with Crippen LogP contribution >= 0.6 is 0 Å². The van der Waals surface area contributed by atoms with Crippen molar-refractivity contribution >= 4 is 5.91 Å². The summed E-state index contributed by atoms with van der Waals surface area (Å²) in [6, 6.07) is -0.133. The van der Waals surface area contributed by atoms with Crippen LogP contribution in [0.3, 0.4) is 0 Å². The molecule has 0 radical (unpaired) electrons. The zero-order valence-electron chi connectivity index (χ0n) is 9.82. The van der Waals surface area contributed by atoms with Crippen molar-refractivity contribution < 1.29 is 14.6 Å². The molecule has 5 nitrogen and oxygen atoms in total. The summed E-state index contributed by atoms with van der Waals surface area (Å²) in [7, 11) is 1.58. The third-order valence-electron chi connectivity index (χ3n) is 2.86. The molecule has 0 bridgehead atoms.